The van der Waals surface area contributed by atoms with E-state index in [1.807, 2.05) is 48.5 Å². The fraction of sp³-hybridized carbons (Fsp3) is 0.176. The Bertz CT molecular complexity index is 841. The van der Waals surface area contributed by atoms with E-state index in [9.17, 15) is 4.79 Å². The second-order valence-electron chi connectivity index (χ2n) is 5.25. The first kappa shape index (κ1) is 15.7. The topological polar surface area (TPSA) is 90.1 Å². The van der Waals surface area contributed by atoms with Gasteiger partial charge in [-0.3, -0.25) is 0 Å². The Kier molecular flexibility index (Phi) is 4.24. The minimum atomic E-state index is -1.01. The molecule has 1 heterocycles. The molecule has 0 aliphatic carbocycles. The van der Waals surface area contributed by atoms with Crippen LogP contribution in [-0.4, -0.2) is 38.4 Å². The molecule has 0 unspecified atom stereocenters. The third kappa shape index (κ3) is 3.10. The van der Waals surface area contributed by atoms with Gasteiger partial charge in [0, 0.05) is 5.56 Å². The van der Waals surface area contributed by atoms with Crippen molar-refractivity contribution in [2.75, 3.05) is 7.11 Å². The number of nitrogens with zero attached hydrogens (tertiary/aromatic N) is 4. The zero-order valence-electron chi connectivity index (χ0n) is 13.2. The molecule has 122 valence electrons. The van der Waals surface area contributed by atoms with Crippen LogP contribution in [0.5, 0.6) is 5.75 Å². The maximum Gasteiger partial charge on any atom is 0.330 e. The minimum Gasteiger partial charge on any atom is -0.497 e. The monoisotopic (exact) mass is 324 g/mol. The molecule has 24 heavy (non-hydrogen) atoms. The number of benzene rings is 2. The molecule has 1 N–H and O–H groups in total. The summed E-state index contributed by atoms with van der Waals surface area (Å²) in [6.07, 6.45) is 0. The number of carboxylic acid groups (broad SMARTS) is 1. The number of ether oxygens (including phenoxy) is 1. The number of rotatable bonds is 5. The van der Waals surface area contributed by atoms with Crippen molar-refractivity contribution < 1.29 is 14.6 Å². The highest BCUT2D eigenvalue weighted by Crippen LogP contribution is 2.24. The van der Waals surface area contributed by atoms with Gasteiger partial charge in [-0.1, -0.05) is 36.4 Å². The van der Waals surface area contributed by atoms with Gasteiger partial charge in [0.05, 0.1) is 7.11 Å². The van der Waals surface area contributed by atoms with Crippen LogP contribution in [0.2, 0.25) is 0 Å². The molecule has 0 aliphatic heterocycles. The number of hydrogen-bond donors (Lipinski definition) is 1. The second kappa shape index (κ2) is 6.49. The van der Waals surface area contributed by atoms with Gasteiger partial charge in [-0.25, -0.2) is 4.79 Å². The summed E-state index contributed by atoms with van der Waals surface area (Å²) in [5.74, 6) is 0.196. The fourth-order valence-electron chi connectivity index (χ4n) is 2.20. The van der Waals surface area contributed by atoms with E-state index in [4.69, 9.17) is 9.84 Å². The van der Waals surface area contributed by atoms with Crippen molar-refractivity contribution in [1.82, 2.24) is 20.2 Å². The SMILES string of the molecule is COc1ccc(-c2ccc(-c3nnn([C@H](C)C(=O)O)n3)cc2)cc1. The highest BCUT2D eigenvalue weighted by atomic mass is 16.5. The highest BCUT2D eigenvalue weighted by Gasteiger charge is 2.17. The van der Waals surface area contributed by atoms with E-state index in [1.165, 1.54) is 6.92 Å². The van der Waals surface area contributed by atoms with Crippen molar-refractivity contribution in [3.05, 3.63) is 48.5 Å². The van der Waals surface area contributed by atoms with E-state index in [-0.39, 0.29) is 0 Å². The maximum atomic E-state index is 11.0. The average Bonchev–Trinajstić information content (AvgIpc) is 3.11. The third-order valence-corrected chi connectivity index (χ3v) is 3.70. The zero-order chi connectivity index (χ0) is 17.1. The smallest absolute Gasteiger partial charge is 0.330 e. The quantitative estimate of drug-likeness (QED) is 0.776. The average molecular weight is 324 g/mol. The van der Waals surface area contributed by atoms with E-state index < -0.39 is 12.0 Å². The summed E-state index contributed by atoms with van der Waals surface area (Å²) < 4.78 is 5.15. The van der Waals surface area contributed by atoms with Crippen LogP contribution in [-0.2, 0) is 4.79 Å². The van der Waals surface area contributed by atoms with E-state index in [0.29, 0.717) is 5.82 Å². The lowest BCUT2D eigenvalue weighted by Crippen LogP contribution is -2.18. The number of methoxy groups -OCH3 is 1. The van der Waals surface area contributed by atoms with Crippen LogP contribution in [0.15, 0.2) is 48.5 Å². The molecule has 7 nitrogen and oxygen atoms in total. The molecule has 0 spiro atoms. The summed E-state index contributed by atoms with van der Waals surface area (Å²) in [5, 5.41) is 20.8. The number of carbonyl (C=O) groups is 1. The Morgan fingerprint density at radius 2 is 1.58 bits per heavy atom. The molecule has 0 aliphatic rings. The largest absolute Gasteiger partial charge is 0.497 e. The van der Waals surface area contributed by atoms with Crippen molar-refractivity contribution in [2.24, 2.45) is 0 Å². The van der Waals surface area contributed by atoms with Gasteiger partial charge in [0.2, 0.25) is 5.82 Å². The Balaban J connectivity index is 1.82. The van der Waals surface area contributed by atoms with Crippen LogP contribution in [0.3, 0.4) is 0 Å². The van der Waals surface area contributed by atoms with Gasteiger partial charge in [-0.15, -0.1) is 15.0 Å². The molecule has 2 aromatic carbocycles. The molecule has 0 radical (unpaired) electrons. The first-order chi connectivity index (χ1) is 11.6. The number of tetrazole rings is 1. The molecule has 3 rings (SSSR count). The zero-order valence-corrected chi connectivity index (χ0v) is 13.2. The lowest BCUT2D eigenvalue weighted by Gasteiger charge is -2.04. The standard InChI is InChI=1S/C17H16N4O3/c1-11(17(22)23)21-19-16(18-20-21)14-5-3-12(4-6-14)13-7-9-15(24-2)10-8-13/h3-11H,1-2H3,(H,22,23)/t11-/m1/s1. The van der Waals surface area contributed by atoms with Crippen molar-refractivity contribution in [1.29, 1.82) is 0 Å². The first-order valence-corrected chi connectivity index (χ1v) is 7.35. The molecule has 3 aromatic rings. The van der Waals surface area contributed by atoms with Gasteiger partial charge in [-0.2, -0.15) is 0 Å². The molecule has 0 amide bonds. The number of hydrogen-bond acceptors (Lipinski definition) is 5. The van der Waals surface area contributed by atoms with Crippen LogP contribution < -0.4 is 4.74 Å². The van der Waals surface area contributed by atoms with Crippen molar-refractivity contribution in [3.8, 4) is 28.3 Å². The molecule has 1 aromatic heterocycles. The molecular weight excluding hydrogens is 308 g/mol. The second-order valence-corrected chi connectivity index (χ2v) is 5.25. The van der Waals surface area contributed by atoms with Crippen LogP contribution in [0.25, 0.3) is 22.5 Å². The summed E-state index contributed by atoms with van der Waals surface area (Å²) >= 11 is 0. The number of aromatic nitrogens is 4. The van der Waals surface area contributed by atoms with E-state index >= 15 is 0 Å². The number of aliphatic carboxylic acids is 1. The number of carboxylic acids is 1. The molecular formula is C17H16N4O3. The van der Waals surface area contributed by atoms with Gasteiger partial charge in [0.1, 0.15) is 5.75 Å². The molecule has 1 atom stereocenters. The van der Waals surface area contributed by atoms with E-state index in [1.54, 1.807) is 7.11 Å². The predicted molar refractivity (Wildman–Crippen MR) is 87.6 cm³/mol. The van der Waals surface area contributed by atoms with Crippen LogP contribution >= 0.6 is 0 Å². The Hall–Kier alpha value is -3.22. The van der Waals surface area contributed by atoms with Crippen LogP contribution in [0.4, 0.5) is 0 Å². The van der Waals surface area contributed by atoms with Gasteiger partial charge in [-0.05, 0) is 35.4 Å². The fourth-order valence-corrected chi connectivity index (χ4v) is 2.20. The summed E-state index contributed by atoms with van der Waals surface area (Å²) in [7, 11) is 1.63. The molecule has 7 heteroatoms. The highest BCUT2D eigenvalue weighted by molar-refractivity contribution is 5.71. The van der Waals surface area contributed by atoms with Crippen LogP contribution in [0.1, 0.15) is 13.0 Å². The van der Waals surface area contributed by atoms with Gasteiger partial charge < -0.3 is 9.84 Å². The molecule has 0 saturated heterocycles. The first-order valence-electron chi connectivity index (χ1n) is 7.35. The molecule has 0 fully saturated rings. The molecule has 0 bridgehead atoms. The van der Waals surface area contributed by atoms with Crippen molar-refractivity contribution in [3.63, 3.8) is 0 Å². The Labute approximate surface area is 138 Å². The Morgan fingerprint density at radius 1 is 1.04 bits per heavy atom. The molecule has 0 saturated carbocycles. The van der Waals surface area contributed by atoms with Gasteiger partial charge >= 0.3 is 5.97 Å². The maximum absolute atomic E-state index is 11.0. The third-order valence-electron chi connectivity index (χ3n) is 3.70. The minimum absolute atomic E-state index is 0.393. The summed E-state index contributed by atoms with van der Waals surface area (Å²) in [5.41, 5.74) is 2.89. The Morgan fingerprint density at radius 3 is 2.12 bits per heavy atom. The predicted octanol–water partition coefficient (Wildman–Crippen LogP) is 2.66. The van der Waals surface area contributed by atoms with Gasteiger partial charge in [0.15, 0.2) is 6.04 Å². The van der Waals surface area contributed by atoms with Crippen LogP contribution in [0, 0.1) is 0 Å². The lowest BCUT2D eigenvalue weighted by molar-refractivity contribution is -0.141. The van der Waals surface area contributed by atoms with Gasteiger partial charge in [0.25, 0.3) is 0 Å². The normalized spacial score (nSPS) is 11.9. The van der Waals surface area contributed by atoms with E-state index in [2.05, 4.69) is 15.4 Å². The van der Waals surface area contributed by atoms with Crippen molar-refractivity contribution >= 4 is 5.97 Å². The van der Waals surface area contributed by atoms with Crippen molar-refractivity contribution in [2.45, 2.75) is 13.0 Å². The summed E-state index contributed by atoms with van der Waals surface area (Å²) in [6, 6.07) is 14.6. The van der Waals surface area contributed by atoms with E-state index in [0.717, 1.165) is 27.2 Å². The summed E-state index contributed by atoms with van der Waals surface area (Å²) in [4.78, 5) is 12.0. The summed E-state index contributed by atoms with van der Waals surface area (Å²) in [6.45, 7) is 1.50. The lowest BCUT2D eigenvalue weighted by atomic mass is 10.0.